The van der Waals surface area contributed by atoms with E-state index in [1.807, 2.05) is 50.6 Å². The SMILES string of the molecule is Cc1cccc(C)c1NC(=O)CNC(=O)Cc1c(C)nn(CC(C)C)c1C. The van der Waals surface area contributed by atoms with Crippen molar-refractivity contribution < 1.29 is 9.59 Å². The van der Waals surface area contributed by atoms with E-state index in [0.717, 1.165) is 40.3 Å². The molecule has 2 amide bonds. The number of rotatable bonds is 7. The summed E-state index contributed by atoms with van der Waals surface area (Å²) in [5, 5.41) is 10.1. The number of aryl methyl sites for hydroxylation is 3. The molecule has 2 rings (SSSR count). The maximum Gasteiger partial charge on any atom is 0.243 e. The van der Waals surface area contributed by atoms with Gasteiger partial charge >= 0.3 is 0 Å². The molecule has 0 aliphatic heterocycles. The summed E-state index contributed by atoms with van der Waals surface area (Å²) in [7, 11) is 0. The first-order chi connectivity index (χ1) is 12.7. The first-order valence-corrected chi connectivity index (χ1v) is 9.34. The van der Waals surface area contributed by atoms with Crippen molar-refractivity contribution in [2.75, 3.05) is 11.9 Å². The van der Waals surface area contributed by atoms with E-state index in [1.165, 1.54) is 0 Å². The molecule has 2 N–H and O–H groups in total. The maximum atomic E-state index is 12.3. The van der Waals surface area contributed by atoms with Gasteiger partial charge in [0.2, 0.25) is 11.8 Å². The fourth-order valence-electron chi connectivity index (χ4n) is 3.11. The Morgan fingerprint density at radius 2 is 1.70 bits per heavy atom. The van der Waals surface area contributed by atoms with Crippen LogP contribution in [-0.2, 0) is 22.6 Å². The van der Waals surface area contributed by atoms with Crippen molar-refractivity contribution in [2.45, 2.75) is 54.5 Å². The van der Waals surface area contributed by atoms with Gasteiger partial charge in [0.15, 0.2) is 0 Å². The zero-order valence-electron chi connectivity index (χ0n) is 17.1. The highest BCUT2D eigenvalue weighted by Gasteiger charge is 2.16. The molecule has 0 fully saturated rings. The molecule has 0 aliphatic rings. The highest BCUT2D eigenvalue weighted by molar-refractivity contribution is 5.96. The number of nitrogens with one attached hydrogen (secondary N) is 2. The molecule has 0 bridgehead atoms. The molecule has 0 saturated heterocycles. The topological polar surface area (TPSA) is 76.0 Å². The van der Waals surface area contributed by atoms with Crippen LogP contribution >= 0.6 is 0 Å². The summed E-state index contributed by atoms with van der Waals surface area (Å²) < 4.78 is 1.95. The Hall–Kier alpha value is -2.63. The Kier molecular flexibility index (Phi) is 6.77. The second kappa shape index (κ2) is 8.84. The molecule has 1 heterocycles. The van der Waals surface area contributed by atoms with Crippen LogP contribution in [0.2, 0.25) is 0 Å². The van der Waals surface area contributed by atoms with Gasteiger partial charge < -0.3 is 10.6 Å². The number of nitrogens with zero attached hydrogens (tertiary/aromatic N) is 2. The quantitative estimate of drug-likeness (QED) is 0.786. The molecule has 0 atom stereocenters. The smallest absolute Gasteiger partial charge is 0.243 e. The zero-order chi connectivity index (χ0) is 20.1. The molecule has 0 spiro atoms. The average molecular weight is 370 g/mol. The number of hydrogen-bond donors (Lipinski definition) is 2. The molecule has 0 radical (unpaired) electrons. The third kappa shape index (κ3) is 5.42. The van der Waals surface area contributed by atoms with Gasteiger partial charge in [-0.15, -0.1) is 0 Å². The number of para-hydroxylation sites is 1. The van der Waals surface area contributed by atoms with Crippen LogP contribution in [0.1, 0.15) is 41.9 Å². The van der Waals surface area contributed by atoms with Crippen molar-refractivity contribution in [3.05, 3.63) is 46.3 Å². The van der Waals surface area contributed by atoms with Gasteiger partial charge in [0.05, 0.1) is 18.7 Å². The van der Waals surface area contributed by atoms with E-state index in [9.17, 15) is 9.59 Å². The van der Waals surface area contributed by atoms with Crippen LogP contribution in [0.4, 0.5) is 5.69 Å². The van der Waals surface area contributed by atoms with Gasteiger partial charge in [0, 0.05) is 23.5 Å². The van der Waals surface area contributed by atoms with Crippen LogP contribution in [0, 0.1) is 33.6 Å². The Labute approximate surface area is 161 Å². The summed E-state index contributed by atoms with van der Waals surface area (Å²) in [4.78, 5) is 24.5. The number of anilines is 1. The average Bonchev–Trinajstić information content (AvgIpc) is 2.83. The van der Waals surface area contributed by atoms with Crippen LogP contribution in [-0.4, -0.2) is 28.1 Å². The normalized spacial score (nSPS) is 10.9. The van der Waals surface area contributed by atoms with Crippen LogP contribution in [0.5, 0.6) is 0 Å². The zero-order valence-corrected chi connectivity index (χ0v) is 17.1. The molecule has 0 saturated carbocycles. The van der Waals surface area contributed by atoms with Gasteiger partial charge in [-0.3, -0.25) is 14.3 Å². The van der Waals surface area contributed by atoms with Crippen LogP contribution < -0.4 is 10.6 Å². The van der Waals surface area contributed by atoms with Crippen LogP contribution in [0.25, 0.3) is 0 Å². The van der Waals surface area contributed by atoms with Crippen LogP contribution in [0.3, 0.4) is 0 Å². The molecule has 1 aromatic carbocycles. The second-order valence-corrected chi connectivity index (χ2v) is 7.49. The second-order valence-electron chi connectivity index (χ2n) is 7.49. The summed E-state index contributed by atoms with van der Waals surface area (Å²) >= 11 is 0. The lowest BCUT2D eigenvalue weighted by molar-refractivity contribution is -0.123. The molecule has 6 heteroatoms. The summed E-state index contributed by atoms with van der Waals surface area (Å²) in [5.41, 5.74) is 5.61. The number of carbonyl (C=O) groups excluding carboxylic acids is 2. The van der Waals surface area contributed by atoms with Crippen molar-refractivity contribution in [2.24, 2.45) is 5.92 Å². The maximum absolute atomic E-state index is 12.3. The van der Waals surface area contributed by atoms with Gasteiger partial charge in [-0.1, -0.05) is 32.0 Å². The molecule has 27 heavy (non-hydrogen) atoms. The summed E-state index contributed by atoms with van der Waals surface area (Å²) in [6, 6.07) is 5.84. The van der Waals surface area contributed by atoms with E-state index < -0.39 is 0 Å². The van der Waals surface area contributed by atoms with E-state index in [0.29, 0.717) is 5.92 Å². The van der Waals surface area contributed by atoms with Crippen molar-refractivity contribution in [1.82, 2.24) is 15.1 Å². The molecule has 1 aromatic heterocycles. The molecular weight excluding hydrogens is 340 g/mol. The third-order valence-corrected chi connectivity index (χ3v) is 4.60. The number of amides is 2. The predicted octanol–water partition coefficient (Wildman–Crippen LogP) is 3.07. The molecule has 0 unspecified atom stereocenters. The Morgan fingerprint density at radius 3 is 2.30 bits per heavy atom. The number of carbonyl (C=O) groups is 2. The molecule has 6 nitrogen and oxygen atoms in total. The van der Waals surface area contributed by atoms with E-state index in [1.54, 1.807) is 0 Å². The Balaban J connectivity index is 1.93. The van der Waals surface area contributed by atoms with Crippen molar-refractivity contribution in [1.29, 1.82) is 0 Å². The minimum absolute atomic E-state index is 0.0508. The molecular formula is C21H30N4O2. The molecule has 2 aromatic rings. The lowest BCUT2D eigenvalue weighted by Crippen LogP contribution is -2.34. The monoisotopic (exact) mass is 370 g/mol. The highest BCUT2D eigenvalue weighted by Crippen LogP contribution is 2.19. The summed E-state index contributed by atoms with van der Waals surface area (Å²) in [5.74, 6) is 0.0740. The van der Waals surface area contributed by atoms with Crippen molar-refractivity contribution >= 4 is 17.5 Å². The van der Waals surface area contributed by atoms with Crippen molar-refractivity contribution in [3.63, 3.8) is 0 Å². The van der Waals surface area contributed by atoms with Crippen LogP contribution in [0.15, 0.2) is 18.2 Å². The summed E-state index contributed by atoms with van der Waals surface area (Å²) in [6.45, 7) is 12.8. The lowest BCUT2D eigenvalue weighted by atomic mass is 10.1. The minimum atomic E-state index is -0.232. The fraction of sp³-hybridized carbons (Fsp3) is 0.476. The van der Waals surface area contributed by atoms with Gasteiger partial charge in [0.25, 0.3) is 0 Å². The first kappa shape index (κ1) is 20.7. The summed E-state index contributed by atoms with van der Waals surface area (Å²) in [6.07, 6.45) is 0.229. The van der Waals surface area contributed by atoms with Gasteiger partial charge in [-0.05, 0) is 44.7 Å². The lowest BCUT2D eigenvalue weighted by Gasteiger charge is -2.12. The van der Waals surface area contributed by atoms with E-state index >= 15 is 0 Å². The van der Waals surface area contributed by atoms with E-state index in [-0.39, 0.29) is 24.8 Å². The molecule has 146 valence electrons. The predicted molar refractivity (Wildman–Crippen MR) is 108 cm³/mol. The largest absolute Gasteiger partial charge is 0.347 e. The minimum Gasteiger partial charge on any atom is -0.347 e. The third-order valence-electron chi connectivity index (χ3n) is 4.60. The number of hydrogen-bond acceptors (Lipinski definition) is 3. The Morgan fingerprint density at radius 1 is 1.07 bits per heavy atom. The highest BCUT2D eigenvalue weighted by atomic mass is 16.2. The first-order valence-electron chi connectivity index (χ1n) is 9.34. The van der Waals surface area contributed by atoms with Gasteiger partial charge in [-0.25, -0.2) is 0 Å². The number of aromatic nitrogens is 2. The fourth-order valence-corrected chi connectivity index (χ4v) is 3.11. The van der Waals surface area contributed by atoms with Crippen molar-refractivity contribution in [3.8, 4) is 0 Å². The van der Waals surface area contributed by atoms with Gasteiger partial charge in [0.1, 0.15) is 0 Å². The number of benzene rings is 1. The van der Waals surface area contributed by atoms with E-state index in [2.05, 4.69) is 29.6 Å². The van der Waals surface area contributed by atoms with Gasteiger partial charge in [-0.2, -0.15) is 5.10 Å². The van der Waals surface area contributed by atoms with E-state index in [4.69, 9.17) is 0 Å². The Bertz CT molecular complexity index is 817. The standard InChI is InChI=1S/C21H30N4O2/c1-13(2)12-25-17(6)18(16(5)24-25)10-19(26)22-11-20(27)23-21-14(3)8-7-9-15(21)4/h7-9,13H,10-12H2,1-6H3,(H,22,26)(H,23,27). The molecule has 0 aliphatic carbocycles.